The zero-order chi connectivity index (χ0) is 28.1. The molecule has 1 aromatic heterocycles. The maximum atomic E-state index is 12.9. The molecule has 0 spiro atoms. The van der Waals surface area contributed by atoms with E-state index < -0.39 is 24.6 Å². The van der Waals surface area contributed by atoms with Crippen LogP contribution in [0.3, 0.4) is 0 Å². The number of aryl methyl sites for hydroxylation is 1. The van der Waals surface area contributed by atoms with Crippen molar-refractivity contribution in [3.8, 4) is 0 Å². The summed E-state index contributed by atoms with van der Waals surface area (Å²) in [7, 11) is 0. The Morgan fingerprint density at radius 2 is 1.67 bits per heavy atom. The zero-order valence-corrected chi connectivity index (χ0v) is 23.7. The van der Waals surface area contributed by atoms with E-state index in [1.165, 1.54) is 32.1 Å². The molecule has 0 bridgehead atoms. The number of nitrogens with one attached hydrogen (secondary N) is 3. The third kappa shape index (κ3) is 14.5. The normalized spacial score (nSPS) is 15.4. The fourth-order valence-electron chi connectivity index (χ4n) is 5.20. The largest absolute Gasteiger partial charge is 0.394 e. The van der Waals surface area contributed by atoms with Gasteiger partial charge in [0.2, 0.25) is 17.7 Å². The van der Waals surface area contributed by atoms with E-state index in [4.69, 9.17) is 5.73 Å². The molecule has 0 unspecified atom stereocenters. The van der Waals surface area contributed by atoms with E-state index in [1.807, 2.05) is 12.5 Å². The SMILES string of the molecule is NCCCC[C@H](NC(=O)[C@H](CO)NC(=O)CCCCCCCCn1ccnc1)C(=O)NCCC1CCCCC1. The molecule has 1 saturated carbocycles. The highest BCUT2D eigenvalue weighted by molar-refractivity contribution is 5.92. The molecular weight excluding hydrogens is 496 g/mol. The van der Waals surface area contributed by atoms with Crippen LogP contribution in [0.25, 0.3) is 0 Å². The average Bonchev–Trinajstić information content (AvgIpc) is 3.46. The maximum Gasteiger partial charge on any atom is 0.245 e. The standard InChI is InChI=1S/C29H52N6O4/c30-17-10-9-14-25(28(38)32-18-16-24-12-6-5-7-13-24)34-29(39)26(22-36)33-27(37)15-8-3-1-2-4-11-20-35-21-19-31-23-35/h19,21,23-26,36H,1-18,20,22,30H2,(H,32,38)(H,33,37)(H,34,39)/t25-,26-/m0/s1. The van der Waals surface area contributed by atoms with E-state index in [2.05, 4.69) is 25.5 Å². The van der Waals surface area contributed by atoms with E-state index in [0.29, 0.717) is 38.3 Å². The first kappa shape index (κ1) is 32.8. The van der Waals surface area contributed by atoms with Crippen LogP contribution in [-0.4, -0.2) is 64.2 Å². The van der Waals surface area contributed by atoms with Crippen molar-refractivity contribution in [3.05, 3.63) is 18.7 Å². The molecule has 1 aliphatic carbocycles. The summed E-state index contributed by atoms with van der Waals surface area (Å²) in [4.78, 5) is 42.2. The van der Waals surface area contributed by atoms with Crippen LogP contribution < -0.4 is 21.7 Å². The molecule has 0 radical (unpaired) electrons. The summed E-state index contributed by atoms with van der Waals surface area (Å²) in [6, 6.07) is -1.79. The van der Waals surface area contributed by atoms with E-state index in [0.717, 1.165) is 57.9 Å². The minimum Gasteiger partial charge on any atom is -0.394 e. The highest BCUT2D eigenvalue weighted by atomic mass is 16.3. The van der Waals surface area contributed by atoms with E-state index in [1.54, 1.807) is 6.20 Å². The van der Waals surface area contributed by atoms with Gasteiger partial charge in [-0.05, 0) is 51.0 Å². The molecule has 1 heterocycles. The second-order valence-corrected chi connectivity index (χ2v) is 10.9. The van der Waals surface area contributed by atoms with Crippen molar-refractivity contribution in [2.45, 2.75) is 121 Å². The highest BCUT2D eigenvalue weighted by Crippen LogP contribution is 2.25. The van der Waals surface area contributed by atoms with Crippen molar-refractivity contribution in [1.29, 1.82) is 0 Å². The number of carbonyl (C=O) groups excluding carboxylic acids is 3. The molecule has 2 rings (SSSR count). The Bertz CT molecular complexity index is 798. The molecule has 2 atom stereocenters. The molecule has 222 valence electrons. The molecule has 39 heavy (non-hydrogen) atoms. The summed E-state index contributed by atoms with van der Waals surface area (Å²) in [5.74, 6) is -0.361. The number of amides is 3. The van der Waals surface area contributed by atoms with Crippen LogP contribution >= 0.6 is 0 Å². The van der Waals surface area contributed by atoms with Gasteiger partial charge >= 0.3 is 0 Å². The topological polar surface area (TPSA) is 151 Å². The van der Waals surface area contributed by atoms with Crippen molar-refractivity contribution in [2.75, 3.05) is 19.7 Å². The van der Waals surface area contributed by atoms with Crippen LogP contribution in [0.4, 0.5) is 0 Å². The molecular formula is C29H52N6O4. The Morgan fingerprint density at radius 1 is 0.923 bits per heavy atom. The van der Waals surface area contributed by atoms with Gasteiger partial charge in [-0.2, -0.15) is 0 Å². The van der Waals surface area contributed by atoms with Crippen molar-refractivity contribution in [1.82, 2.24) is 25.5 Å². The second-order valence-electron chi connectivity index (χ2n) is 10.9. The van der Waals surface area contributed by atoms with Crippen LogP contribution in [0.1, 0.15) is 103 Å². The lowest BCUT2D eigenvalue weighted by Gasteiger charge is -2.24. The summed E-state index contributed by atoms with van der Waals surface area (Å²) in [6.45, 7) is 1.57. The molecule has 1 aromatic rings. The third-order valence-corrected chi connectivity index (χ3v) is 7.62. The van der Waals surface area contributed by atoms with Gasteiger partial charge in [-0.1, -0.05) is 57.8 Å². The number of hydrogen-bond acceptors (Lipinski definition) is 6. The average molecular weight is 549 g/mol. The molecule has 3 amide bonds. The number of imidazole rings is 1. The predicted molar refractivity (Wildman–Crippen MR) is 153 cm³/mol. The number of aliphatic hydroxyl groups is 1. The first-order chi connectivity index (χ1) is 19.0. The summed E-state index contributed by atoms with van der Waals surface area (Å²) in [5.41, 5.74) is 5.61. The van der Waals surface area contributed by atoms with Crippen LogP contribution in [-0.2, 0) is 20.9 Å². The molecule has 10 heteroatoms. The fourth-order valence-corrected chi connectivity index (χ4v) is 5.20. The molecule has 1 aliphatic rings. The number of hydrogen-bond donors (Lipinski definition) is 5. The Morgan fingerprint density at radius 3 is 2.36 bits per heavy atom. The number of rotatable bonds is 21. The molecule has 0 aromatic carbocycles. The molecule has 0 aliphatic heterocycles. The van der Waals surface area contributed by atoms with Gasteiger partial charge < -0.3 is 31.4 Å². The van der Waals surface area contributed by atoms with Gasteiger partial charge in [0.1, 0.15) is 12.1 Å². The second kappa shape index (κ2) is 20.4. The highest BCUT2D eigenvalue weighted by Gasteiger charge is 2.26. The van der Waals surface area contributed by atoms with Gasteiger partial charge in [0.05, 0.1) is 12.9 Å². The van der Waals surface area contributed by atoms with Crippen LogP contribution in [0.2, 0.25) is 0 Å². The molecule has 6 N–H and O–H groups in total. The smallest absolute Gasteiger partial charge is 0.245 e. The minimum atomic E-state index is -1.08. The number of carbonyl (C=O) groups is 3. The number of nitrogens with zero attached hydrogens (tertiary/aromatic N) is 2. The first-order valence-electron chi connectivity index (χ1n) is 15.2. The summed E-state index contributed by atoms with van der Waals surface area (Å²) in [6.07, 6.45) is 21.1. The lowest BCUT2D eigenvalue weighted by Crippen LogP contribution is -2.55. The minimum absolute atomic E-state index is 0.218. The van der Waals surface area contributed by atoms with Crippen LogP contribution in [0, 0.1) is 5.92 Å². The van der Waals surface area contributed by atoms with Gasteiger partial charge in [-0.3, -0.25) is 14.4 Å². The van der Waals surface area contributed by atoms with Gasteiger partial charge in [-0.25, -0.2) is 4.98 Å². The molecule has 10 nitrogen and oxygen atoms in total. The van der Waals surface area contributed by atoms with Gasteiger partial charge in [-0.15, -0.1) is 0 Å². The summed E-state index contributed by atoms with van der Waals surface area (Å²) in [5, 5.41) is 18.1. The lowest BCUT2D eigenvalue weighted by atomic mass is 9.87. The summed E-state index contributed by atoms with van der Waals surface area (Å²) >= 11 is 0. The number of aromatic nitrogens is 2. The van der Waals surface area contributed by atoms with Gasteiger partial charge in [0.25, 0.3) is 0 Å². The lowest BCUT2D eigenvalue weighted by molar-refractivity contribution is -0.133. The van der Waals surface area contributed by atoms with Crippen molar-refractivity contribution in [3.63, 3.8) is 0 Å². The van der Waals surface area contributed by atoms with E-state index in [-0.39, 0.29) is 11.8 Å². The van der Waals surface area contributed by atoms with Crippen LogP contribution in [0.5, 0.6) is 0 Å². The van der Waals surface area contributed by atoms with Crippen molar-refractivity contribution >= 4 is 17.7 Å². The third-order valence-electron chi connectivity index (χ3n) is 7.62. The van der Waals surface area contributed by atoms with Gasteiger partial charge in [0, 0.05) is 31.9 Å². The van der Waals surface area contributed by atoms with E-state index in [9.17, 15) is 19.5 Å². The quantitative estimate of drug-likeness (QED) is 0.149. The number of unbranched alkanes of at least 4 members (excludes halogenated alkanes) is 6. The van der Waals surface area contributed by atoms with Crippen LogP contribution in [0.15, 0.2) is 18.7 Å². The Kier molecular flexibility index (Phi) is 17.2. The monoisotopic (exact) mass is 548 g/mol. The van der Waals surface area contributed by atoms with E-state index >= 15 is 0 Å². The predicted octanol–water partition coefficient (Wildman–Crippen LogP) is 2.79. The molecule has 0 saturated heterocycles. The van der Waals surface area contributed by atoms with Crippen molar-refractivity contribution < 1.29 is 19.5 Å². The Hall–Kier alpha value is -2.46. The van der Waals surface area contributed by atoms with Crippen molar-refractivity contribution in [2.24, 2.45) is 11.7 Å². The zero-order valence-electron chi connectivity index (χ0n) is 23.7. The number of nitrogens with two attached hydrogens (primary N) is 1. The number of aliphatic hydroxyl groups excluding tert-OH is 1. The first-order valence-corrected chi connectivity index (χ1v) is 15.2. The molecule has 1 fully saturated rings. The maximum absolute atomic E-state index is 12.9. The fraction of sp³-hybridized carbons (Fsp3) is 0.793. The summed E-state index contributed by atoms with van der Waals surface area (Å²) < 4.78 is 2.07. The Balaban J connectivity index is 1.66. The van der Waals surface area contributed by atoms with Gasteiger partial charge in [0.15, 0.2) is 0 Å². The Labute approximate surface area is 234 Å².